The molecular formula is C12H9Cl2N3O2. The molecule has 0 unspecified atom stereocenters. The lowest BCUT2D eigenvalue weighted by Gasteiger charge is -2.08. The second-order valence-electron chi connectivity index (χ2n) is 3.65. The first-order chi connectivity index (χ1) is 9.04. The van der Waals surface area contributed by atoms with Gasteiger partial charge in [-0.25, -0.2) is 4.79 Å². The Morgan fingerprint density at radius 2 is 1.79 bits per heavy atom. The van der Waals surface area contributed by atoms with Gasteiger partial charge >= 0.3 is 6.03 Å². The maximum absolute atomic E-state index is 11.7. The Balaban J connectivity index is 2.03. The molecular weight excluding hydrogens is 289 g/mol. The molecule has 0 saturated carbocycles. The zero-order valence-electron chi connectivity index (χ0n) is 9.56. The van der Waals surface area contributed by atoms with Crippen LogP contribution >= 0.6 is 23.2 Å². The summed E-state index contributed by atoms with van der Waals surface area (Å²) in [4.78, 5) is 11.7. The molecule has 1 heterocycles. The third-order valence-corrected chi connectivity index (χ3v) is 2.73. The minimum absolute atomic E-state index is 0.0273. The van der Waals surface area contributed by atoms with Gasteiger partial charge in [0.15, 0.2) is 6.20 Å². The molecule has 5 nitrogen and oxygen atoms in total. The summed E-state index contributed by atoms with van der Waals surface area (Å²) >= 11 is 11.4. The zero-order chi connectivity index (χ0) is 13.8. The number of aromatic nitrogens is 1. The van der Waals surface area contributed by atoms with E-state index in [0.717, 1.165) is 0 Å². The lowest BCUT2D eigenvalue weighted by atomic mass is 10.3. The first-order valence-corrected chi connectivity index (χ1v) is 6.02. The van der Waals surface area contributed by atoms with Crippen molar-refractivity contribution in [2.75, 3.05) is 10.6 Å². The third kappa shape index (κ3) is 3.74. The van der Waals surface area contributed by atoms with E-state index in [1.807, 2.05) is 0 Å². The highest BCUT2D eigenvalue weighted by Gasteiger charge is 2.07. The van der Waals surface area contributed by atoms with Crippen LogP contribution in [0.5, 0.6) is 0 Å². The van der Waals surface area contributed by atoms with Crippen LogP contribution in [0, 0.1) is 5.21 Å². The van der Waals surface area contributed by atoms with Gasteiger partial charge in [0.2, 0.25) is 0 Å². The lowest BCUT2D eigenvalue weighted by molar-refractivity contribution is -0.602. The Morgan fingerprint density at radius 3 is 2.42 bits per heavy atom. The van der Waals surface area contributed by atoms with Crippen LogP contribution < -0.4 is 15.4 Å². The molecule has 2 rings (SSSR count). The van der Waals surface area contributed by atoms with Gasteiger partial charge in [-0.3, -0.25) is 0 Å². The van der Waals surface area contributed by atoms with Crippen molar-refractivity contribution >= 4 is 40.6 Å². The smallest absolute Gasteiger partial charge is 0.323 e. The number of urea groups is 1. The fourth-order valence-corrected chi connectivity index (χ4v) is 1.76. The molecule has 1 aromatic carbocycles. The van der Waals surface area contributed by atoms with Crippen LogP contribution in [0.25, 0.3) is 0 Å². The van der Waals surface area contributed by atoms with Gasteiger partial charge in [-0.15, -0.1) is 0 Å². The van der Waals surface area contributed by atoms with Crippen LogP contribution in [0.15, 0.2) is 42.6 Å². The molecule has 1 aromatic heterocycles. The predicted octanol–water partition coefficient (Wildman–Crippen LogP) is 3.27. The van der Waals surface area contributed by atoms with E-state index in [1.165, 1.54) is 18.3 Å². The van der Waals surface area contributed by atoms with Crippen LogP contribution in [0.1, 0.15) is 0 Å². The van der Waals surface area contributed by atoms with Crippen LogP contribution in [-0.4, -0.2) is 6.03 Å². The highest BCUT2D eigenvalue weighted by atomic mass is 35.5. The van der Waals surface area contributed by atoms with E-state index in [2.05, 4.69) is 10.6 Å². The normalized spacial score (nSPS) is 10.0. The maximum Gasteiger partial charge on any atom is 0.323 e. The summed E-state index contributed by atoms with van der Waals surface area (Å²) in [6, 6.07) is 9.08. The van der Waals surface area contributed by atoms with Gasteiger partial charge in [-0.05, 0) is 29.8 Å². The molecule has 0 saturated heterocycles. The molecule has 0 fully saturated rings. The number of rotatable bonds is 2. The number of halogens is 2. The van der Waals surface area contributed by atoms with E-state index in [4.69, 9.17) is 23.2 Å². The van der Waals surface area contributed by atoms with Gasteiger partial charge < -0.3 is 15.8 Å². The van der Waals surface area contributed by atoms with Crippen molar-refractivity contribution in [2.24, 2.45) is 0 Å². The van der Waals surface area contributed by atoms with Crippen molar-refractivity contribution < 1.29 is 9.52 Å². The molecule has 0 spiro atoms. The quantitative estimate of drug-likeness (QED) is 0.507. The lowest BCUT2D eigenvalue weighted by Crippen LogP contribution is -2.27. The predicted molar refractivity (Wildman–Crippen MR) is 74.5 cm³/mol. The Bertz CT molecular complexity index is 620. The van der Waals surface area contributed by atoms with Crippen LogP contribution in [0.4, 0.5) is 16.2 Å². The van der Waals surface area contributed by atoms with E-state index < -0.39 is 6.03 Å². The number of hydrogen-bond acceptors (Lipinski definition) is 2. The SMILES string of the molecule is O=C(Nc1cccc(Cl)c1)Nc1cc[n+]([O-])c(Cl)c1. The third-order valence-electron chi connectivity index (χ3n) is 2.21. The highest BCUT2D eigenvalue weighted by molar-refractivity contribution is 6.31. The van der Waals surface area contributed by atoms with Crippen molar-refractivity contribution in [1.82, 2.24) is 0 Å². The van der Waals surface area contributed by atoms with E-state index >= 15 is 0 Å². The van der Waals surface area contributed by atoms with Gasteiger partial charge in [0.05, 0.1) is 5.69 Å². The van der Waals surface area contributed by atoms with Crippen molar-refractivity contribution in [3.63, 3.8) is 0 Å². The highest BCUT2D eigenvalue weighted by Crippen LogP contribution is 2.16. The molecule has 0 bridgehead atoms. The number of benzene rings is 1. The van der Waals surface area contributed by atoms with Gasteiger partial charge in [0.25, 0.3) is 5.15 Å². The summed E-state index contributed by atoms with van der Waals surface area (Å²) < 4.78 is 0.488. The first-order valence-electron chi connectivity index (χ1n) is 5.27. The van der Waals surface area contributed by atoms with Gasteiger partial charge in [0, 0.05) is 22.8 Å². The minimum atomic E-state index is -0.456. The molecule has 2 amide bonds. The van der Waals surface area contributed by atoms with Crippen LogP contribution in [-0.2, 0) is 0 Å². The van der Waals surface area contributed by atoms with Gasteiger partial charge in [-0.1, -0.05) is 17.7 Å². The number of carbonyl (C=O) groups is 1. The Labute approximate surface area is 119 Å². The minimum Gasteiger partial charge on any atom is -0.618 e. The first kappa shape index (κ1) is 13.5. The molecule has 2 N–H and O–H groups in total. The van der Waals surface area contributed by atoms with E-state index in [-0.39, 0.29) is 5.15 Å². The Morgan fingerprint density at radius 1 is 1.11 bits per heavy atom. The van der Waals surface area contributed by atoms with Crippen LogP contribution in [0.2, 0.25) is 10.2 Å². The Hall–Kier alpha value is -1.98. The van der Waals surface area contributed by atoms with Crippen molar-refractivity contribution in [3.8, 4) is 0 Å². The molecule has 98 valence electrons. The second-order valence-corrected chi connectivity index (χ2v) is 4.48. The average Bonchev–Trinajstić information content (AvgIpc) is 2.34. The number of hydrogen-bond donors (Lipinski definition) is 2. The second kappa shape index (κ2) is 5.77. The summed E-state index contributed by atoms with van der Waals surface area (Å²) in [7, 11) is 0. The number of nitrogens with one attached hydrogen (secondary N) is 2. The summed E-state index contributed by atoms with van der Waals surface area (Å²) in [5, 5.41) is 16.7. The molecule has 0 radical (unpaired) electrons. The molecule has 19 heavy (non-hydrogen) atoms. The van der Waals surface area contributed by atoms with Gasteiger partial charge in [0.1, 0.15) is 0 Å². The van der Waals surface area contributed by atoms with Gasteiger partial charge in [-0.2, -0.15) is 4.73 Å². The number of pyridine rings is 1. The molecule has 7 heteroatoms. The molecule has 0 aliphatic carbocycles. The monoisotopic (exact) mass is 297 g/mol. The summed E-state index contributed by atoms with van der Waals surface area (Å²) in [6.07, 6.45) is 1.21. The van der Waals surface area contributed by atoms with Crippen molar-refractivity contribution in [2.45, 2.75) is 0 Å². The summed E-state index contributed by atoms with van der Waals surface area (Å²) in [5.41, 5.74) is 0.975. The number of amides is 2. The topological polar surface area (TPSA) is 68.1 Å². The van der Waals surface area contributed by atoms with E-state index in [0.29, 0.717) is 21.1 Å². The van der Waals surface area contributed by atoms with Crippen molar-refractivity contribution in [3.05, 3.63) is 58.0 Å². The largest absolute Gasteiger partial charge is 0.618 e. The molecule has 0 atom stereocenters. The average molecular weight is 298 g/mol. The van der Waals surface area contributed by atoms with Crippen LogP contribution in [0.3, 0.4) is 0 Å². The van der Waals surface area contributed by atoms with E-state index in [1.54, 1.807) is 24.3 Å². The fraction of sp³-hybridized carbons (Fsp3) is 0. The standard InChI is InChI=1S/C12H9Cl2N3O2/c13-8-2-1-3-9(6-8)15-12(18)16-10-4-5-17(19)11(14)7-10/h1-7H,(H2,15,16,18). The Kier molecular flexibility index (Phi) is 4.09. The summed E-state index contributed by atoms with van der Waals surface area (Å²) in [5.74, 6) is 0. The number of carbonyl (C=O) groups excluding carboxylic acids is 1. The summed E-state index contributed by atoms with van der Waals surface area (Å²) in [6.45, 7) is 0. The van der Waals surface area contributed by atoms with E-state index in [9.17, 15) is 10.0 Å². The molecule has 0 aliphatic rings. The number of anilines is 2. The molecule has 0 aliphatic heterocycles. The zero-order valence-corrected chi connectivity index (χ0v) is 11.1. The maximum atomic E-state index is 11.7. The van der Waals surface area contributed by atoms with Crippen molar-refractivity contribution in [1.29, 1.82) is 0 Å². The molecule has 2 aromatic rings. The fourth-order valence-electron chi connectivity index (χ4n) is 1.40. The number of nitrogens with zero attached hydrogens (tertiary/aromatic N) is 1.